The number of rotatable bonds is 4. The Morgan fingerprint density at radius 3 is 2.84 bits per heavy atom. The van der Waals surface area contributed by atoms with E-state index in [1.54, 1.807) is 19.2 Å². The number of hydrogen-bond donors (Lipinski definition) is 1. The molecule has 1 fully saturated rings. The molecule has 2 atom stereocenters. The van der Waals surface area contributed by atoms with Crippen molar-refractivity contribution < 1.29 is 9.66 Å². The van der Waals surface area contributed by atoms with Gasteiger partial charge in [0.2, 0.25) is 0 Å². The molecule has 1 aromatic carbocycles. The summed E-state index contributed by atoms with van der Waals surface area (Å²) in [5.41, 5.74) is 0.808. The van der Waals surface area contributed by atoms with Crippen LogP contribution < -0.4 is 10.1 Å². The minimum absolute atomic E-state index is 0.0900. The quantitative estimate of drug-likeness (QED) is 0.666. The average Bonchev–Trinajstić information content (AvgIpc) is 2.38. The molecule has 5 heteroatoms. The summed E-state index contributed by atoms with van der Waals surface area (Å²) >= 11 is 0. The predicted octanol–water partition coefficient (Wildman–Crippen LogP) is 3.59. The molecule has 2 rings (SSSR count). The SMILES string of the molecule is COc1ccc([N+](=O)[O-])cc1N[C@H]1CCC[C@@H](C)C1. The molecule has 1 aliphatic carbocycles. The molecule has 1 saturated carbocycles. The zero-order valence-electron chi connectivity index (χ0n) is 11.4. The lowest BCUT2D eigenvalue weighted by Crippen LogP contribution is -2.26. The van der Waals surface area contributed by atoms with Crippen LogP contribution in [0.25, 0.3) is 0 Å². The zero-order chi connectivity index (χ0) is 13.8. The van der Waals surface area contributed by atoms with Crippen molar-refractivity contribution in [2.45, 2.75) is 38.6 Å². The van der Waals surface area contributed by atoms with Crippen LogP contribution in [0, 0.1) is 16.0 Å². The molecule has 0 aromatic heterocycles. The molecule has 0 bridgehead atoms. The van der Waals surface area contributed by atoms with E-state index in [0.717, 1.165) is 18.5 Å². The van der Waals surface area contributed by atoms with Crippen molar-refractivity contribution in [1.82, 2.24) is 0 Å². The van der Waals surface area contributed by atoms with E-state index in [2.05, 4.69) is 12.2 Å². The summed E-state index contributed by atoms with van der Waals surface area (Å²) in [6, 6.07) is 5.04. The Bertz CT molecular complexity index is 462. The van der Waals surface area contributed by atoms with Crippen LogP contribution in [0.5, 0.6) is 5.75 Å². The van der Waals surface area contributed by atoms with E-state index in [4.69, 9.17) is 4.74 Å². The van der Waals surface area contributed by atoms with Crippen molar-refractivity contribution in [3.8, 4) is 5.75 Å². The topological polar surface area (TPSA) is 64.4 Å². The summed E-state index contributed by atoms with van der Waals surface area (Å²) in [6.45, 7) is 2.25. The van der Waals surface area contributed by atoms with Gasteiger partial charge in [0, 0.05) is 18.2 Å². The highest BCUT2D eigenvalue weighted by Gasteiger charge is 2.20. The number of benzene rings is 1. The largest absolute Gasteiger partial charge is 0.495 e. The van der Waals surface area contributed by atoms with Gasteiger partial charge in [-0.3, -0.25) is 10.1 Å². The van der Waals surface area contributed by atoms with Crippen molar-refractivity contribution >= 4 is 11.4 Å². The molecule has 0 aliphatic heterocycles. The summed E-state index contributed by atoms with van der Waals surface area (Å²) in [6.07, 6.45) is 4.68. The lowest BCUT2D eigenvalue weighted by Gasteiger charge is -2.28. The maximum absolute atomic E-state index is 10.8. The van der Waals surface area contributed by atoms with E-state index < -0.39 is 0 Å². The number of nitrogens with one attached hydrogen (secondary N) is 1. The van der Waals surface area contributed by atoms with Crippen molar-refractivity contribution in [2.75, 3.05) is 12.4 Å². The molecule has 5 nitrogen and oxygen atoms in total. The molecule has 0 saturated heterocycles. The third-order valence-corrected chi connectivity index (χ3v) is 3.69. The standard InChI is InChI=1S/C14H20N2O3/c1-10-4-3-5-11(8-10)15-13-9-12(16(17)18)6-7-14(13)19-2/h6-7,9-11,15H,3-5,8H2,1-2H3/t10-,11+/m1/s1. The predicted molar refractivity (Wildman–Crippen MR) is 74.7 cm³/mol. The summed E-state index contributed by atoms with van der Waals surface area (Å²) in [7, 11) is 1.58. The van der Waals surface area contributed by atoms with Gasteiger partial charge in [-0.15, -0.1) is 0 Å². The van der Waals surface area contributed by atoms with E-state index in [0.29, 0.717) is 17.7 Å². The van der Waals surface area contributed by atoms with Crippen molar-refractivity contribution in [3.63, 3.8) is 0 Å². The first kappa shape index (κ1) is 13.6. The van der Waals surface area contributed by atoms with Gasteiger partial charge in [0.05, 0.1) is 17.7 Å². The van der Waals surface area contributed by atoms with Crippen LogP contribution in [0.2, 0.25) is 0 Å². The molecule has 1 N–H and O–H groups in total. The van der Waals surface area contributed by atoms with Crippen LogP contribution in [0.15, 0.2) is 18.2 Å². The smallest absolute Gasteiger partial charge is 0.271 e. The Hall–Kier alpha value is -1.78. The number of methoxy groups -OCH3 is 1. The Kier molecular flexibility index (Phi) is 4.24. The Balaban J connectivity index is 2.17. The molecule has 0 spiro atoms. The van der Waals surface area contributed by atoms with E-state index in [1.165, 1.54) is 18.9 Å². The maximum Gasteiger partial charge on any atom is 0.271 e. The van der Waals surface area contributed by atoms with Crippen molar-refractivity contribution in [1.29, 1.82) is 0 Å². The number of anilines is 1. The first-order valence-electron chi connectivity index (χ1n) is 6.69. The molecule has 0 heterocycles. The minimum Gasteiger partial charge on any atom is -0.495 e. The number of nitrogens with zero attached hydrogens (tertiary/aromatic N) is 1. The van der Waals surface area contributed by atoms with Gasteiger partial charge >= 0.3 is 0 Å². The van der Waals surface area contributed by atoms with Crippen LogP contribution in [-0.4, -0.2) is 18.1 Å². The molecular formula is C14H20N2O3. The van der Waals surface area contributed by atoms with Crippen LogP contribution in [0.1, 0.15) is 32.6 Å². The maximum atomic E-state index is 10.8. The normalized spacial score (nSPS) is 22.8. The zero-order valence-corrected chi connectivity index (χ0v) is 11.4. The van der Waals surface area contributed by atoms with Gasteiger partial charge in [-0.1, -0.05) is 19.8 Å². The van der Waals surface area contributed by atoms with Crippen LogP contribution >= 0.6 is 0 Å². The Morgan fingerprint density at radius 2 is 2.21 bits per heavy atom. The fourth-order valence-electron chi connectivity index (χ4n) is 2.71. The molecular weight excluding hydrogens is 244 g/mol. The average molecular weight is 264 g/mol. The Morgan fingerprint density at radius 1 is 1.42 bits per heavy atom. The minimum atomic E-state index is -0.381. The molecule has 1 aromatic rings. The number of non-ortho nitro benzene ring substituents is 1. The van der Waals surface area contributed by atoms with Crippen LogP contribution in [-0.2, 0) is 0 Å². The summed E-state index contributed by atoms with van der Waals surface area (Å²) in [4.78, 5) is 10.5. The van der Waals surface area contributed by atoms with E-state index in [1.807, 2.05) is 0 Å². The first-order chi connectivity index (χ1) is 9.10. The third-order valence-electron chi connectivity index (χ3n) is 3.69. The monoisotopic (exact) mass is 264 g/mol. The Labute approximate surface area is 113 Å². The van der Waals surface area contributed by atoms with E-state index >= 15 is 0 Å². The summed E-state index contributed by atoms with van der Waals surface area (Å²) in [5.74, 6) is 1.36. The lowest BCUT2D eigenvalue weighted by molar-refractivity contribution is -0.384. The first-order valence-corrected chi connectivity index (χ1v) is 6.69. The molecule has 1 aliphatic rings. The van der Waals surface area contributed by atoms with E-state index in [9.17, 15) is 10.1 Å². The highest BCUT2D eigenvalue weighted by atomic mass is 16.6. The number of nitro benzene ring substituents is 1. The number of ether oxygens (including phenoxy) is 1. The summed E-state index contributed by atoms with van der Waals surface area (Å²) in [5, 5.41) is 14.2. The fourth-order valence-corrected chi connectivity index (χ4v) is 2.71. The van der Waals surface area contributed by atoms with Crippen LogP contribution in [0.3, 0.4) is 0 Å². The van der Waals surface area contributed by atoms with Crippen LogP contribution in [0.4, 0.5) is 11.4 Å². The molecule has 0 unspecified atom stereocenters. The summed E-state index contributed by atoms with van der Waals surface area (Å²) < 4.78 is 5.26. The molecule has 0 amide bonds. The van der Waals surface area contributed by atoms with Crippen molar-refractivity contribution in [3.05, 3.63) is 28.3 Å². The highest BCUT2D eigenvalue weighted by molar-refractivity contribution is 5.62. The fraction of sp³-hybridized carbons (Fsp3) is 0.571. The second kappa shape index (κ2) is 5.91. The van der Waals surface area contributed by atoms with E-state index in [-0.39, 0.29) is 10.6 Å². The molecule has 104 valence electrons. The van der Waals surface area contributed by atoms with Crippen molar-refractivity contribution in [2.24, 2.45) is 5.92 Å². The second-order valence-electron chi connectivity index (χ2n) is 5.25. The van der Waals surface area contributed by atoms with Gasteiger partial charge < -0.3 is 10.1 Å². The highest BCUT2D eigenvalue weighted by Crippen LogP contribution is 2.32. The van der Waals surface area contributed by atoms with Gasteiger partial charge in [0.15, 0.2) is 0 Å². The lowest BCUT2D eigenvalue weighted by atomic mass is 9.87. The molecule has 0 radical (unpaired) electrons. The third kappa shape index (κ3) is 3.36. The second-order valence-corrected chi connectivity index (χ2v) is 5.25. The van der Waals surface area contributed by atoms with Gasteiger partial charge in [-0.05, 0) is 24.8 Å². The number of nitro groups is 1. The number of hydrogen-bond acceptors (Lipinski definition) is 4. The van der Waals surface area contributed by atoms with Gasteiger partial charge in [0.1, 0.15) is 5.75 Å². The molecule has 19 heavy (non-hydrogen) atoms. The van der Waals surface area contributed by atoms with Gasteiger partial charge in [0.25, 0.3) is 5.69 Å². The van der Waals surface area contributed by atoms with Gasteiger partial charge in [-0.2, -0.15) is 0 Å². The van der Waals surface area contributed by atoms with Gasteiger partial charge in [-0.25, -0.2) is 0 Å².